The average molecular weight is 423 g/mol. The van der Waals surface area contributed by atoms with Crippen LogP contribution in [0, 0.1) is 24.2 Å². The summed E-state index contributed by atoms with van der Waals surface area (Å²) in [5.74, 6) is 6.49. The number of amides is 2. The molecule has 0 aliphatic rings. The van der Waals surface area contributed by atoms with Crippen LogP contribution >= 0.6 is 0 Å². The fourth-order valence-corrected chi connectivity index (χ4v) is 1.05. The highest BCUT2D eigenvalue weighted by Gasteiger charge is 2.24. The van der Waals surface area contributed by atoms with Gasteiger partial charge >= 0.3 is 0 Å². The van der Waals surface area contributed by atoms with E-state index in [1.54, 1.807) is 35.1 Å². The molecular weight excluding hydrogens is 392 g/mol. The van der Waals surface area contributed by atoms with Crippen molar-refractivity contribution in [1.82, 2.24) is 9.80 Å². The quantitative estimate of drug-likeness (QED) is 0.364. The first-order valence-corrected chi connectivity index (χ1v) is 9.18. The molecule has 0 aliphatic heterocycles. The summed E-state index contributed by atoms with van der Waals surface area (Å²) in [5.41, 5.74) is 0. The molecule has 2 atom stereocenters. The SMILES string of the molecule is C.C#C[C@@H](C)O.CC(=O)N(C)C.C[C@@H](O)C#CC(=O)N(C)C.[B]B([B])B(B([B])[B])B([B])[B]. The van der Waals surface area contributed by atoms with Crippen LogP contribution < -0.4 is 0 Å². The molecule has 0 aromatic carbocycles. The lowest BCUT2D eigenvalue weighted by Gasteiger charge is -2.23. The average Bonchev–Trinajstić information content (AvgIpc) is 2.59. The van der Waals surface area contributed by atoms with Gasteiger partial charge in [-0.25, -0.2) is 0 Å². The van der Waals surface area contributed by atoms with Crippen LogP contribution in [0.2, 0.25) is 0 Å². The minimum absolute atomic E-state index is 0. The van der Waals surface area contributed by atoms with Crippen LogP contribution in [0.4, 0.5) is 0 Å². The Morgan fingerprint density at radius 1 is 0.844 bits per heavy atom. The molecule has 0 spiro atoms. The zero-order chi connectivity index (χ0) is 25.9. The molecule has 2 N–H and O–H groups in total. The Balaban J connectivity index is -0.000000104. The van der Waals surface area contributed by atoms with E-state index in [9.17, 15) is 9.59 Å². The molecule has 0 aliphatic carbocycles. The predicted molar refractivity (Wildman–Crippen MR) is 147 cm³/mol. The first-order chi connectivity index (χ1) is 13.9. The summed E-state index contributed by atoms with van der Waals surface area (Å²) in [6.07, 6.45) is 0.906. The third kappa shape index (κ3) is 33.3. The molecule has 0 aromatic heterocycles. The molecule has 0 aromatic rings. The fraction of sp³-hybridized carbons (Fsp3) is 0.625. The van der Waals surface area contributed by atoms with Gasteiger partial charge in [0.25, 0.3) is 5.91 Å². The minimum Gasteiger partial charge on any atom is -0.381 e. The number of rotatable bonds is 3. The first kappa shape index (κ1) is 40.9. The molecule has 0 rings (SSSR count). The van der Waals surface area contributed by atoms with E-state index < -0.39 is 37.7 Å². The van der Waals surface area contributed by atoms with Crippen LogP contribution in [0.5, 0.6) is 0 Å². The maximum Gasteiger partial charge on any atom is 0.298 e. The van der Waals surface area contributed by atoms with E-state index in [0.717, 1.165) is 0 Å². The third-order valence-corrected chi connectivity index (χ3v) is 3.00. The zero-order valence-electron chi connectivity index (χ0n) is 19.6. The maximum absolute atomic E-state index is 10.7. The normalized spacial score (nSPS) is 9.62. The van der Waals surface area contributed by atoms with Crippen molar-refractivity contribution in [3.63, 3.8) is 0 Å². The van der Waals surface area contributed by atoms with Crippen molar-refractivity contribution in [2.75, 3.05) is 28.2 Å². The summed E-state index contributed by atoms with van der Waals surface area (Å²) >= 11 is 0. The molecule has 0 saturated heterocycles. The summed E-state index contributed by atoms with van der Waals surface area (Å²) < 4.78 is 0. The highest BCUT2D eigenvalue weighted by atomic mass is 16.3. The van der Waals surface area contributed by atoms with E-state index in [2.05, 4.69) is 24.2 Å². The van der Waals surface area contributed by atoms with Gasteiger partial charge in [-0.3, -0.25) is 9.59 Å². The molecule has 2 amide bonds. The summed E-state index contributed by atoms with van der Waals surface area (Å²) in [6, 6.07) is 0. The van der Waals surface area contributed by atoms with Crippen LogP contribution in [0.15, 0.2) is 0 Å². The van der Waals surface area contributed by atoms with Gasteiger partial charge < -0.3 is 20.0 Å². The predicted octanol–water partition coefficient (Wildman–Crippen LogP) is -3.62. The van der Waals surface area contributed by atoms with Crippen LogP contribution in [-0.4, -0.2) is 144 Å². The van der Waals surface area contributed by atoms with Crippen molar-refractivity contribution in [1.29, 1.82) is 0 Å². The molecule has 0 heterocycles. The van der Waals surface area contributed by atoms with Gasteiger partial charge in [0, 0.05) is 107 Å². The smallest absolute Gasteiger partial charge is 0.298 e. The minimum atomic E-state index is -0.733. The van der Waals surface area contributed by atoms with Gasteiger partial charge in [-0.1, -0.05) is 19.3 Å². The lowest BCUT2D eigenvalue weighted by molar-refractivity contribution is -0.126. The Labute approximate surface area is 206 Å². The number of terminal acetylenes is 1. The largest absolute Gasteiger partial charge is 0.381 e. The molecule has 6 nitrogen and oxygen atoms in total. The Morgan fingerprint density at radius 2 is 1.12 bits per heavy atom. The van der Waals surface area contributed by atoms with E-state index in [1.165, 1.54) is 23.6 Å². The second-order valence-electron chi connectivity index (χ2n) is 6.71. The Hall–Kier alpha value is -1.37. The summed E-state index contributed by atoms with van der Waals surface area (Å²) in [7, 11) is 38.4. The number of carbonyl (C=O) groups excluding carboxylic acids is 2. The van der Waals surface area contributed by atoms with Crippen LogP contribution in [0.1, 0.15) is 28.2 Å². The number of nitrogens with zero attached hydrogens (tertiary/aromatic N) is 2. The van der Waals surface area contributed by atoms with E-state index in [4.69, 9.17) is 56.6 Å². The fourth-order valence-electron chi connectivity index (χ4n) is 1.05. The molecule has 0 fully saturated rings. The van der Waals surface area contributed by atoms with E-state index in [-0.39, 0.29) is 19.2 Å². The van der Waals surface area contributed by atoms with Gasteiger partial charge in [0.05, 0.1) is 0 Å². The molecule has 16 heteroatoms. The van der Waals surface area contributed by atoms with Gasteiger partial charge in [0.1, 0.15) is 12.2 Å². The van der Waals surface area contributed by atoms with Gasteiger partial charge in [-0.05, 0) is 19.8 Å². The zero-order valence-corrected chi connectivity index (χ0v) is 19.6. The summed E-state index contributed by atoms with van der Waals surface area (Å²) in [4.78, 5) is 23.6. The van der Waals surface area contributed by atoms with Crippen LogP contribution in [0.3, 0.4) is 0 Å². The maximum atomic E-state index is 10.7. The molecule has 0 saturated carbocycles. The van der Waals surface area contributed by atoms with Crippen LogP contribution in [0.25, 0.3) is 0 Å². The highest BCUT2D eigenvalue weighted by Crippen LogP contribution is 1.86. The molecule has 12 radical (unpaired) electrons. The van der Waals surface area contributed by atoms with Gasteiger partial charge in [0.15, 0.2) is 0 Å². The van der Waals surface area contributed by atoms with Gasteiger partial charge in [-0.15, -0.1) is 6.42 Å². The topological polar surface area (TPSA) is 81.1 Å². The summed E-state index contributed by atoms with van der Waals surface area (Å²) in [5, 5.41) is 16.8. The standard InChI is InChI=1S/C7H11NO2.C4H9NO.C4H6O.CH4.B10/c1-6(9)4-5-7(10)8(2)3;1-4(6)5(2)3;1-3-4(2)5;;1-7(2)10(8(3)4)9(5)6/h6,9H,1-3H3;1-3H3;1,4-5H,2H3;1H4;/t6-;;4-;;/m1.1../s1. The van der Waals surface area contributed by atoms with E-state index in [0.29, 0.717) is 0 Å². The molecule has 0 unspecified atom stereocenters. The molecule has 0 bridgehead atoms. The molecular formula is C16H30B10N2O4. The first-order valence-electron chi connectivity index (χ1n) is 9.18. The van der Waals surface area contributed by atoms with Crippen molar-refractivity contribution < 1.29 is 19.8 Å². The lowest BCUT2D eigenvalue weighted by Crippen LogP contribution is -2.62. The van der Waals surface area contributed by atoms with Crippen molar-refractivity contribution in [2.45, 2.75) is 40.4 Å². The van der Waals surface area contributed by atoms with E-state index >= 15 is 0 Å². The second-order valence-corrected chi connectivity index (χ2v) is 6.71. The summed E-state index contributed by atoms with van der Waals surface area (Å²) in [6.45, 7) is 4.58. The number of carbonyl (C=O) groups is 2. The van der Waals surface area contributed by atoms with Crippen molar-refractivity contribution in [3.05, 3.63) is 0 Å². The Bertz CT molecular complexity index is 567. The van der Waals surface area contributed by atoms with Crippen molar-refractivity contribution >= 4 is 83.8 Å². The van der Waals surface area contributed by atoms with Crippen molar-refractivity contribution in [3.8, 4) is 24.2 Å². The van der Waals surface area contributed by atoms with Gasteiger partial charge in [0.2, 0.25) is 5.91 Å². The second kappa shape index (κ2) is 24.3. The van der Waals surface area contributed by atoms with Crippen LogP contribution in [-0.2, 0) is 9.59 Å². The number of aliphatic hydroxyl groups excluding tert-OH is 2. The molecule has 32 heavy (non-hydrogen) atoms. The number of aliphatic hydroxyl groups is 2. The lowest BCUT2D eigenvalue weighted by atomic mass is 8.58. The third-order valence-electron chi connectivity index (χ3n) is 3.00. The van der Waals surface area contributed by atoms with Gasteiger partial charge in [-0.2, -0.15) is 0 Å². The molecule has 158 valence electrons. The number of hydrogen-bond donors (Lipinski definition) is 2. The Kier molecular flexibility index (Phi) is 31.1. The Morgan fingerprint density at radius 3 is 1.22 bits per heavy atom. The number of hydrogen-bond acceptors (Lipinski definition) is 4. The monoisotopic (exact) mass is 424 g/mol. The highest BCUT2D eigenvalue weighted by molar-refractivity contribution is 8.00. The van der Waals surface area contributed by atoms with E-state index in [1.807, 2.05) is 0 Å². The van der Waals surface area contributed by atoms with Crippen molar-refractivity contribution in [2.24, 2.45) is 0 Å².